The van der Waals surface area contributed by atoms with E-state index in [-0.39, 0.29) is 0 Å². The van der Waals surface area contributed by atoms with Crippen LogP contribution in [0.4, 0.5) is 11.6 Å². The first-order chi connectivity index (χ1) is 8.33. The van der Waals surface area contributed by atoms with Crippen molar-refractivity contribution in [2.75, 3.05) is 30.8 Å². The standard InChI is InChI=1S/C11H17N5O/c1-17-15-7-9-10(12)13-8-14-11(9)16-5-3-2-4-6-16/h7-8H,2-6H2,1H3,(H2,12,13,14). The van der Waals surface area contributed by atoms with Crippen LogP contribution in [0.5, 0.6) is 0 Å². The summed E-state index contributed by atoms with van der Waals surface area (Å²) in [5.41, 5.74) is 6.58. The monoisotopic (exact) mass is 235 g/mol. The maximum atomic E-state index is 5.84. The molecule has 1 fully saturated rings. The third-order valence-electron chi connectivity index (χ3n) is 2.84. The lowest BCUT2D eigenvalue weighted by Gasteiger charge is -2.28. The van der Waals surface area contributed by atoms with Crippen LogP contribution in [0.25, 0.3) is 0 Å². The molecule has 2 heterocycles. The van der Waals surface area contributed by atoms with Crippen LogP contribution in [0.2, 0.25) is 0 Å². The summed E-state index contributed by atoms with van der Waals surface area (Å²) in [5, 5.41) is 3.75. The average Bonchev–Trinajstić information content (AvgIpc) is 2.38. The molecular weight excluding hydrogens is 218 g/mol. The van der Waals surface area contributed by atoms with Crippen LogP contribution in [-0.2, 0) is 4.84 Å². The molecule has 1 aromatic heterocycles. The molecule has 0 bridgehead atoms. The molecule has 6 nitrogen and oxygen atoms in total. The highest BCUT2D eigenvalue weighted by Crippen LogP contribution is 2.23. The summed E-state index contributed by atoms with van der Waals surface area (Å²) in [7, 11) is 1.50. The molecule has 0 aromatic carbocycles. The zero-order chi connectivity index (χ0) is 12.1. The number of hydrogen-bond acceptors (Lipinski definition) is 6. The zero-order valence-electron chi connectivity index (χ0n) is 9.96. The molecule has 17 heavy (non-hydrogen) atoms. The molecule has 0 radical (unpaired) electrons. The Kier molecular flexibility index (Phi) is 3.74. The normalized spacial score (nSPS) is 16.4. The minimum absolute atomic E-state index is 0.432. The van der Waals surface area contributed by atoms with E-state index in [1.54, 1.807) is 6.21 Å². The van der Waals surface area contributed by atoms with Crippen molar-refractivity contribution in [3.8, 4) is 0 Å². The van der Waals surface area contributed by atoms with E-state index in [2.05, 4.69) is 24.9 Å². The lowest BCUT2D eigenvalue weighted by atomic mass is 10.1. The first-order valence-corrected chi connectivity index (χ1v) is 5.75. The van der Waals surface area contributed by atoms with Gasteiger partial charge in [0.25, 0.3) is 0 Å². The third-order valence-corrected chi connectivity index (χ3v) is 2.84. The van der Waals surface area contributed by atoms with Gasteiger partial charge in [0.2, 0.25) is 0 Å². The van der Waals surface area contributed by atoms with E-state index in [9.17, 15) is 0 Å². The summed E-state index contributed by atoms with van der Waals surface area (Å²) in [5.74, 6) is 1.28. The topological polar surface area (TPSA) is 76.6 Å². The van der Waals surface area contributed by atoms with Crippen molar-refractivity contribution in [1.82, 2.24) is 9.97 Å². The van der Waals surface area contributed by atoms with Crippen LogP contribution >= 0.6 is 0 Å². The summed E-state index contributed by atoms with van der Waals surface area (Å²) in [4.78, 5) is 15.2. The molecule has 0 amide bonds. The van der Waals surface area contributed by atoms with Crippen LogP contribution < -0.4 is 10.6 Å². The summed E-state index contributed by atoms with van der Waals surface area (Å²) in [6.45, 7) is 2.01. The Labute approximate surface area is 100 Å². The number of nitrogens with zero attached hydrogens (tertiary/aromatic N) is 4. The fourth-order valence-corrected chi connectivity index (χ4v) is 1.99. The van der Waals surface area contributed by atoms with Crippen molar-refractivity contribution in [3.63, 3.8) is 0 Å². The van der Waals surface area contributed by atoms with E-state index in [0.29, 0.717) is 5.82 Å². The molecule has 2 N–H and O–H groups in total. The van der Waals surface area contributed by atoms with Crippen molar-refractivity contribution in [2.24, 2.45) is 5.16 Å². The minimum atomic E-state index is 0.432. The third kappa shape index (κ3) is 2.64. The molecular formula is C11H17N5O. The van der Waals surface area contributed by atoms with Gasteiger partial charge in [-0.3, -0.25) is 0 Å². The number of piperidine rings is 1. The van der Waals surface area contributed by atoms with E-state index in [1.165, 1.54) is 32.7 Å². The van der Waals surface area contributed by atoms with Gasteiger partial charge in [0, 0.05) is 13.1 Å². The highest BCUT2D eigenvalue weighted by molar-refractivity contribution is 5.91. The minimum Gasteiger partial charge on any atom is -0.399 e. The summed E-state index contributed by atoms with van der Waals surface area (Å²) < 4.78 is 0. The lowest BCUT2D eigenvalue weighted by molar-refractivity contribution is 0.215. The van der Waals surface area contributed by atoms with Crippen LogP contribution in [0.3, 0.4) is 0 Å². The predicted molar refractivity (Wildman–Crippen MR) is 67.1 cm³/mol. The van der Waals surface area contributed by atoms with Gasteiger partial charge in [-0.25, -0.2) is 9.97 Å². The number of aromatic nitrogens is 2. The van der Waals surface area contributed by atoms with Crippen LogP contribution in [0.1, 0.15) is 24.8 Å². The second kappa shape index (κ2) is 5.47. The van der Waals surface area contributed by atoms with Crippen LogP contribution in [0, 0.1) is 0 Å². The fraction of sp³-hybridized carbons (Fsp3) is 0.545. The van der Waals surface area contributed by atoms with Crippen molar-refractivity contribution < 1.29 is 4.84 Å². The zero-order valence-corrected chi connectivity index (χ0v) is 9.96. The molecule has 0 saturated carbocycles. The number of hydrogen-bond donors (Lipinski definition) is 1. The molecule has 1 aliphatic heterocycles. The number of nitrogen functional groups attached to an aromatic ring is 1. The van der Waals surface area contributed by atoms with Gasteiger partial charge < -0.3 is 15.5 Å². The van der Waals surface area contributed by atoms with Crippen LogP contribution in [0.15, 0.2) is 11.5 Å². The Morgan fingerprint density at radius 3 is 2.82 bits per heavy atom. The van der Waals surface area contributed by atoms with Gasteiger partial charge in [-0.2, -0.15) is 0 Å². The summed E-state index contributed by atoms with van der Waals surface area (Å²) in [6, 6.07) is 0. The Morgan fingerprint density at radius 1 is 1.35 bits per heavy atom. The van der Waals surface area contributed by atoms with Crippen molar-refractivity contribution in [3.05, 3.63) is 11.9 Å². The van der Waals surface area contributed by atoms with Gasteiger partial charge in [0.1, 0.15) is 25.1 Å². The van der Waals surface area contributed by atoms with Crippen molar-refractivity contribution in [1.29, 1.82) is 0 Å². The molecule has 0 aliphatic carbocycles. The van der Waals surface area contributed by atoms with E-state index < -0.39 is 0 Å². The van der Waals surface area contributed by atoms with Crippen LogP contribution in [-0.4, -0.2) is 36.4 Å². The largest absolute Gasteiger partial charge is 0.399 e. The molecule has 6 heteroatoms. The highest BCUT2D eigenvalue weighted by atomic mass is 16.6. The van der Waals surface area contributed by atoms with Crippen molar-refractivity contribution in [2.45, 2.75) is 19.3 Å². The molecule has 1 aromatic rings. The van der Waals surface area contributed by atoms with E-state index >= 15 is 0 Å². The molecule has 92 valence electrons. The van der Waals surface area contributed by atoms with Gasteiger partial charge >= 0.3 is 0 Å². The molecule has 2 rings (SSSR count). The molecule has 0 spiro atoms. The fourth-order valence-electron chi connectivity index (χ4n) is 1.99. The van der Waals surface area contributed by atoms with E-state index in [4.69, 9.17) is 5.73 Å². The molecule has 0 unspecified atom stereocenters. The number of rotatable bonds is 3. The van der Waals surface area contributed by atoms with Gasteiger partial charge in [0.15, 0.2) is 0 Å². The predicted octanol–water partition coefficient (Wildman–Crippen LogP) is 1.03. The Morgan fingerprint density at radius 2 is 2.12 bits per heavy atom. The highest BCUT2D eigenvalue weighted by Gasteiger charge is 2.17. The maximum Gasteiger partial charge on any atom is 0.143 e. The number of nitrogens with two attached hydrogens (primary N) is 1. The first kappa shape index (κ1) is 11.6. The van der Waals surface area contributed by atoms with Gasteiger partial charge in [-0.1, -0.05) is 5.16 Å². The number of anilines is 2. The summed E-state index contributed by atoms with van der Waals surface area (Å²) in [6.07, 6.45) is 6.71. The SMILES string of the molecule is CON=Cc1c(N)ncnc1N1CCCCC1. The van der Waals surface area contributed by atoms with Gasteiger partial charge in [-0.05, 0) is 19.3 Å². The quantitative estimate of drug-likeness (QED) is 0.625. The molecule has 1 saturated heterocycles. The Hall–Kier alpha value is -1.85. The second-order valence-electron chi connectivity index (χ2n) is 3.96. The Bertz CT molecular complexity index is 401. The van der Waals surface area contributed by atoms with Gasteiger partial charge in [-0.15, -0.1) is 0 Å². The smallest absolute Gasteiger partial charge is 0.143 e. The summed E-state index contributed by atoms with van der Waals surface area (Å²) >= 11 is 0. The maximum absolute atomic E-state index is 5.84. The second-order valence-corrected chi connectivity index (χ2v) is 3.96. The molecule has 1 aliphatic rings. The molecule has 0 atom stereocenters. The lowest BCUT2D eigenvalue weighted by Crippen LogP contribution is -2.31. The Balaban J connectivity index is 2.31. The van der Waals surface area contributed by atoms with Crippen molar-refractivity contribution >= 4 is 17.9 Å². The van der Waals surface area contributed by atoms with E-state index in [1.807, 2.05) is 0 Å². The van der Waals surface area contributed by atoms with E-state index in [0.717, 1.165) is 24.5 Å². The van der Waals surface area contributed by atoms with Gasteiger partial charge in [0.05, 0.1) is 11.8 Å². The number of oxime groups is 1. The first-order valence-electron chi connectivity index (χ1n) is 5.75. The average molecular weight is 235 g/mol.